The van der Waals surface area contributed by atoms with E-state index in [1.54, 1.807) is 7.11 Å². The highest BCUT2D eigenvalue weighted by Gasteiger charge is 2.35. The van der Waals surface area contributed by atoms with E-state index in [0.29, 0.717) is 0 Å². The Labute approximate surface area is 196 Å². The van der Waals surface area contributed by atoms with E-state index in [0.717, 1.165) is 34.7 Å². The minimum atomic E-state index is -0.218. The van der Waals surface area contributed by atoms with Crippen molar-refractivity contribution >= 4 is 11.3 Å². The highest BCUT2D eigenvalue weighted by molar-refractivity contribution is 5.91. The molecule has 0 fully saturated rings. The molecule has 0 amide bonds. The van der Waals surface area contributed by atoms with Gasteiger partial charge in [-0.25, -0.2) is 0 Å². The Morgan fingerprint density at radius 2 is 1.91 bits per heavy atom. The standard InChI is InChI=1S/C30H31NO2/c1-7-9-20-14-18(2)15-21(16-20)29-28-22(27-24(32-6)10-8-11-25(27)33-29)12-13-23-26(28)19(3)17-30(4,5)31-23/h7-8,10-17,29,31H,1,9H2,2-6H3. The van der Waals surface area contributed by atoms with Gasteiger partial charge < -0.3 is 14.8 Å². The van der Waals surface area contributed by atoms with E-state index in [2.05, 4.69) is 76.0 Å². The van der Waals surface area contributed by atoms with Crippen LogP contribution in [0.15, 0.2) is 67.3 Å². The average molecular weight is 438 g/mol. The number of nitrogens with one attached hydrogen (secondary N) is 1. The zero-order chi connectivity index (χ0) is 23.3. The van der Waals surface area contributed by atoms with Crippen LogP contribution in [0.5, 0.6) is 11.5 Å². The molecule has 0 bridgehead atoms. The van der Waals surface area contributed by atoms with E-state index in [9.17, 15) is 0 Å². The van der Waals surface area contributed by atoms with Gasteiger partial charge in [-0.3, -0.25) is 0 Å². The highest BCUT2D eigenvalue weighted by Crippen LogP contribution is 2.53. The van der Waals surface area contributed by atoms with Gasteiger partial charge >= 0.3 is 0 Å². The zero-order valence-electron chi connectivity index (χ0n) is 20.1. The predicted octanol–water partition coefficient (Wildman–Crippen LogP) is 7.49. The normalized spacial score (nSPS) is 17.5. The molecule has 1 atom stereocenters. The lowest BCUT2D eigenvalue weighted by molar-refractivity contribution is 0.241. The summed E-state index contributed by atoms with van der Waals surface area (Å²) in [6.45, 7) is 12.7. The average Bonchev–Trinajstić information content (AvgIpc) is 2.76. The van der Waals surface area contributed by atoms with Crippen LogP contribution >= 0.6 is 0 Å². The number of ether oxygens (including phenoxy) is 2. The monoisotopic (exact) mass is 437 g/mol. The van der Waals surface area contributed by atoms with Gasteiger partial charge in [-0.2, -0.15) is 0 Å². The van der Waals surface area contributed by atoms with Gasteiger partial charge in [-0.05, 0) is 74.6 Å². The van der Waals surface area contributed by atoms with Crippen molar-refractivity contribution in [1.29, 1.82) is 0 Å². The first-order chi connectivity index (χ1) is 15.8. The number of anilines is 1. The molecule has 33 heavy (non-hydrogen) atoms. The third-order valence-electron chi connectivity index (χ3n) is 6.50. The van der Waals surface area contributed by atoms with Crippen LogP contribution in [0.4, 0.5) is 5.69 Å². The van der Waals surface area contributed by atoms with Crippen molar-refractivity contribution in [3.8, 4) is 22.6 Å². The molecular formula is C30H31NO2. The highest BCUT2D eigenvalue weighted by atomic mass is 16.5. The summed E-state index contributed by atoms with van der Waals surface area (Å²) in [6, 6.07) is 17.2. The summed E-state index contributed by atoms with van der Waals surface area (Å²) in [5, 5.41) is 3.71. The van der Waals surface area contributed by atoms with E-state index in [1.807, 2.05) is 24.3 Å². The number of hydrogen-bond acceptors (Lipinski definition) is 3. The van der Waals surface area contributed by atoms with Gasteiger partial charge in [0, 0.05) is 16.8 Å². The molecule has 168 valence electrons. The number of fused-ring (bicyclic) bond motifs is 5. The van der Waals surface area contributed by atoms with Crippen molar-refractivity contribution in [1.82, 2.24) is 0 Å². The lowest BCUT2D eigenvalue weighted by Gasteiger charge is -2.37. The summed E-state index contributed by atoms with van der Waals surface area (Å²) in [7, 11) is 1.72. The van der Waals surface area contributed by atoms with E-state index in [-0.39, 0.29) is 11.6 Å². The third-order valence-corrected chi connectivity index (χ3v) is 6.50. The molecule has 1 unspecified atom stereocenters. The molecule has 3 aromatic rings. The predicted molar refractivity (Wildman–Crippen MR) is 137 cm³/mol. The lowest BCUT2D eigenvalue weighted by Crippen LogP contribution is -2.32. The molecular weight excluding hydrogens is 406 g/mol. The van der Waals surface area contributed by atoms with Crippen LogP contribution in [0, 0.1) is 6.92 Å². The second kappa shape index (κ2) is 7.84. The van der Waals surface area contributed by atoms with Crippen molar-refractivity contribution in [2.24, 2.45) is 0 Å². The molecule has 2 aliphatic rings. The molecule has 3 nitrogen and oxygen atoms in total. The van der Waals surface area contributed by atoms with Crippen molar-refractivity contribution in [2.75, 3.05) is 12.4 Å². The van der Waals surface area contributed by atoms with Gasteiger partial charge in [0.1, 0.15) is 11.5 Å². The first-order valence-corrected chi connectivity index (χ1v) is 11.5. The van der Waals surface area contributed by atoms with E-state index in [4.69, 9.17) is 9.47 Å². The molecule has 5 rings (SSSR count). The van der Waals surface area contributed by atoms with Crippen molar-refractivity contribution in [3.63, 3.8) is 0 Å². The van der Waals surface area contributed by atoms with Gasteiger partial charge in [-0.1, -0.05) is 48.0 Å². The Morgan fingerprint density at radius 3 is 2.67 bits per heavy atom. The SMILES string of the molecule is C=CCc1cc(C)cc(C2Oc3cccc(OC)c3-c3ccc4c(c32)C(C)=CC(C)(C)N4)c1. The summed E-state index contributed by atoms with van der Waals surface area (Å²) < 4.78 is 12.5. The maximum atomic E-state index is 6.78. The molecule has 0 aromatic heterocycles. The van der Waals surface area contributed by atoms with Crippen LogP contribution in [-0.2, 0) is 6.42 Å². The van der Waals surface area contributed by atoms with Gasteiger partial charge in [0.25, 0.3) is 0 Å². The number of benzene rings is 3. The maximum Gasteiger partial charge on any atom is 0.150 e. The Bertz CT molecular complexity index is 1300. The van der Waals surface area contributed by atoms with Crippen LogP contribution in [0.2, 0.25) is 0 Å². The van der Waals surface area contributed by atoms with E-state index in [1.165, 1.54) is 33.4 Å². The summed E-state index contributed by atoms with van der Waals surface area (Å²) >= 11 is 0. The van der Waals surface area contributed by atoms with Gasteiger partial charge in [0.2, 0.25) is 0 Å². The molecule has 2 heterocycles. The third kappa shape index (κ3) is 3.62. The van der Waals surface area contributed by atoms with Crippen LogP contribution < -0.4 is 14.8 Å². The molecule has 0 spiro atoms. The Hall–Kier alpha value is -3.46. The van der Waals surface area contributed by atoms with Crippen molar-refractivity contribution in [2.45, 2.75) is 45.8 Å². The fraction of sp³-hybridized carbons (Fsp3) is 0.267. The number of aryl methyl sites for hydroxylation is 1. The number of methoxy groups -OCH3 is 1. The largest absolute Gasteiger partial charge is 0.496 e. The molecule has 3 aromatic carbocycles. The minimum absolute atomic E-state index is 0.105. The summed E-state index contributed by atoms with van der Waals surface area (Å²) in [4.78, 5) is 0. The molecule has 2 aliphatic heterocycles. The Morgan fingerprint density at radius 1 is 1.09 bits per heavy atom. The Balaban J connectivity index is 1.81. The number of hydrogen-bond donors (Lipinski definition) is 1. The summed E-state index contributed by atoms with van der Waals surface area (Å²) in [5.74, 6) is 1.68. The summed E-state index contributed by atoms with van der Waals surface area (Å²) in [6.07, 6.45) is 4.88. The molecule has 0 saturated heterocycles. The van der Waals surface area contributed by atoms with Crippen molar-refractivity contribution < 1.29 is 9.47 Å². The second-order valence-corrected chi connectivity index (χ2v) is 9.70. The fourth-order valence-corrected chi connectivity index (χ4v) is 5.43. The molecule has 0 saturated carbocycles. The zero-order valence-corrected chi connectivity index (χ0v) is 20.1. The van der Waals surface area contributed by atoms with E-state index < -0.39 is 0 Å². The fourth-order valence-electron chi connectivity index (χ4n) is 5.43. The van der Waals surface area contributed by atoms with Gasteiger partial charge in [0.05, 0.1) is 18.2 Å². The second-order valence-electron chi connectivity index (χ2n) is 9.70. The molecule has 3 heteroatoms. The molecule has 0 radical (unpaired) electrons. The minimum Gasteiger partial charge on any atom is -0.496 e. The van der Waals surface area contributed by atoms with Crippen LogP contribution in [0.25, 0.3) is 16.7 Å². The quantitative estimate of drug-likeness (QED) is 0.429. The van der Waals surface area contributed by atoms with Gasteiger partial charge in [0.15, 0.2) is 6.10 Å². The lowest BCUT2D eigenvalue weighted by atomic mass is 9.80. The van der Waals surface area contributed by atoms with Gasteiger partial charge in [-0.15, -0.1) is 6.58 Å². The smallest absolute Gasteiger partial charge is 0.150 e. The Kier molecular flexibility index (Phi) is 5.08. The topological polar surface area (TPSA) is 30.5 Å². The summed E-state index contributed by atoms with van der Waals surface area (Å²) in [5.41, 5.74) is 10.5. The van der Waals surface area contributed by atoms with Crippen LogP contribution in [0.3, 0.4) is 0 Å². The van der Waals surface area contributed by atoms with Crippen LogP contribution in [-0.4, -0.2) is 12.6 Å². The van der Waals surface area contributed by atoms with Crippen LogP contribution in [0.1, 0.15) is 54.7 Å². The first kappa shape index (κ1) is 21.4. The van der Waals surface area contributed by atoms with Crippen molar-refractivity contribution in [3.05, 3.63) is 95.1 Å². The maximum absolute atomic E-state index is 6.78. The van der Waals surface area contributed by atoms with E-state index >= 15 is 0 Å². The molecule has 0 aliphatic carbocycles. The number of allylic oxidation sites excluding steroid dienone is 2. The first-order valence-electron chi connectivity index (χ1n) is 11.5. The number of rotatable bonds is 4. The molecule has 1 N–H and O–H groups in total.